The van der Waals surface area contributed by atoms with Crippen LogP contribution in [0.5, 0.6) is 0 Å². The summed E-state index contributed by atoms with van der Waals surface area (Å²) in [6, 6.07) is 7.61. The summed E-state index contributed by atoms with van der Waals surface area (Å²) in [5.41, 5.74) is 8.18. The van der Waals surface area contributed by atoms with Crippen molar-refractivity contribution in [3.63, 3.8) is 0 Å². The molecule has 6 heteroatoms. The van der Waals surface area contributed by atoms with Crippen LogP contribution in [-0.2, 0) is 16.0 Å². The first-order valence-electron chi connectivity index (χ1n) is 11.7. The lowest BCUT2D eigenvalue weighted by atomic mass is 9.79. The minimum absolute atomic E-state index is 0.0436. The number of nitrogens with one attached hydrogen (secondary N) is 1. The second-order valence-corrected chi connectivity index (χ2v) is 9.84. The Morgan fingerprint density at radius 1 is 1.29 bits per heavy atom. The van der Waals surface area contributed by atoms with Crippen molar-refractivity contribution < 1.29 is 14.7 Å². The highest BCUT2D eigenvalue weighted by Gasteiger charge is 2.32. The molecule has 0 saturated heterocycles. The van der Waals surface area contributed by atoms with Gasteiger partial charge in [-0.15, -0.1) is 0 Å². The fourth-order valence-electron chi connectivity index (χ4n) is 4.35. The molecule has 1 aromatic rings. The largest absolute Gasteiger partial charge is 0.391 e. The van der Waals surface area contributed by atoms with Crippen molar-refractivity contribution in [3.05, 3.63) is 29.8 Å². The first-order valence-corrected chi connectivity index (χ1v) is 11.7. The van der Waals surface area contributed by atoms with Crippen molar-refractivity contribution in [1.82, 2.24) is 5.32 Å². The molecule has 2 amide bonds. The minimum atomic E-state index is -0.781. The van der Waals surface area contributed by atoms with Crippen molar-refractivity contribution in [1.29, 1.82) is 0 Å². The number of unbranched alkanes of at least 4 members (excludes halogenated alkanes) is 1. The first kappa shape index (κ1) is 25.3. The predicted molar refractivity (Wildman–Crippen MR) is 126 cm³/mol. The Labute approximate surface area is 187 Å². The van der Waals surface area contributed by atoms with E-state index in [0.717, 1.165) is 37.9 Å². The first-order chi connectivity index (χ1) is 14.6. The van der Waals surface area contributed by atoms with Crippen molar-refractivity contribution in [3.8, 4) is 0 Å². The summed E-state index contributed by atoms with van der Waals surface area (Å²) in [7, 11) is 0. The molecule has 4 N–H and O–H groups in total. The molecule has 31 heavy (non-hydrogen) atoms. The van der Waals surface area contributed by atoms with E-state index in [1.165, 1.54) is 5.56 Å². The average Bonchev–Trinajstić information content (AvgIpc) is 2.72. The van der Waals surface area contributed by atoms with Crippen LogP contribution in [0.2, 0.25) is 0 Å². The maximum Gasteiger partial charge on any atom is 0.227 e. The Hall–Kier alpha value is -1.92. The van der Waals surface area contributed by atoms with Gasteiger partial charge in [0.1, 0.15) is 0 Å². The number of aliphatic hydroxyl groups excluding tert-OH is 1. The second-order valence-electron chi connectivity index (χ2n) is 9.84. The molecule has 6 nitrogen and oxygen atoms in total. The van der Waals surface area contributed by atoms with E-state index in [-0.39, 0.29) is 23.1 Å². The third-order valence-electron chi connectivity index (χ3n) is 6.20. The quantitative estimate of drug-likeness (QED) is 0.468. The number of para-hydroxylation sites is 1. The van der Waals surface area contributed by atoms with E-state index in [9.17, 15) is 14.7 Å². The summed E-state index contributed by atoms with van der Waals surface area (Å²) in [5, 5.41) is 13.5. The lowest BCUT2D eigenvalue weighted by molar-refractivity contribution is -0.125. The van der Waals surface area contributed by atoms with Crippen LogP contribution < -0.4 is 16.0 Å². The molecule has 0 spiro atoms. The van der Waals surface area contributed by atoms with Gasteiger partial charge in [-0.25, -0.2) is 0 Å². The Morgan fingerprint density at radius 3 is 2.71 bits per heavy atom. The van der Waals surface area contributed by atoms with E-state index in [2.05, 4.69) is 18.3 Å². The number of aliphatic hydroxyl groups is 1. The number of carbonyl (C=O) groups excluding carboxylic acids is 2. The molecule has 3 atom stereocenters. The topological polar surface area (TPSA) is 95.7 Å². The highest BCUT2D eigenvalue weighted by molar-refractivity contribution is 5.94. The van der Waals surface area contributed by atoms with Crippen LogP contribution in [-0.4, -0.2) is 42.2 Å². The number of rotatable bonds is 11. The van der Waals surface area contributed by atoms with Crippen LogP contribution in [0.1, 0.15) is 71.8 Å². The monoisotopic (exact) mass is 431 g/mol. The molecule has 0 saturated carbocycles. The fraction of sp³-hybridized carbons (Fsp3) is 0.680. The van der Waals surface area contributed by atoms with Crippen LogP contribution >= 0.6 is 0 Å². The van der Waals surface area contributed by atoms with Gasteiger partial charge in [0.15, 0.2) is 0 Å². The van der Waals surface area contributed by atoms with Gasteiger partial charge in [-0.05, 0) is 49.1 Å². The highest BCUT2D eigenvalue weighted by atomic mass is 16.3. The van der Waals surface area contributed by atoms with Crippen LogP contribution in [0.25, 0.3) is 0 Å². The molecule has 174 valence electrons. The summed E-state index contributed by atoms with van der Waals surface area (Å²) < 4.78 is 0. The summed E-state index contributed by atoms with van der Waals surface area (Å²) in [6.45, 7) is 9.35. The number of anilines is 1. The Bertz CT molecular complexity index is 734. The highest BCUT2D eigenvalue weighted by Crippen LogP contribution is 2.32. The number of benzene rings is 1. The van der Waals surface area contributed by atoms with Gasteiger partial charge < -0.3 is 21.1 Å². The number of nitrogens with zero attached hydrogens (tertiary/aromatic N) is 1. The number of aryl methyl sites for hydroxylation is 1. The number of nitrogens with two attached hydrogens (primary N) is 1. The zero-order valence-electron chi connectivity index (χ0n) is 19.7. The molecule has 1 aliphatic heterocycles. The lowest BCUT2D eigenvalue weighted by Crippen LogP contribution is -2.43. The Balaban J connectivity index is 1.88. The summed E-state index contributed by atoms with van der Waals surface area (Å²) in [5.74, 6) is -0.243. The molecule has 0 aromatic heterocycles. The normalized spacial score (nSPS) is 16.9. The van der Waals surface area contributed by atoms with Gasteiger partial charge in [0.25, 0.3) is 0 Å². The zero-order valence-corrected chi connectivity index (χ0v) is 19.7. The molecule has 0 fully saturated rings. The smallest absolute Gasteiger partial charge is 0.227 e. The standard InChI is InChI=1S/C25H41N3O3/c1-5-6-13-27-24(31)18(2)15-22(29)20(26)16-25(3,4)17-23(30)28-14-9-11-19-10-7-8-12-21(19)28/h7-8,10,12,18,20,22,29H,5-6,9,11,13-17,26H2,1-4H3,(H,27,31)/t18-,20+,22+/m1/s1. The lowest BCUT2D eigenvalue weighted by Gasteiger charge is -2.34. The van der Waals surface area contributed by atoms with Crippen molar-refractivity contribution in [2.24, 2.45) is 17.1 Å². The van der Waals surface area contributed by atoms with Crippen LogP contribution in [0.15, 0.2) is 24.3 Å². The van der Waals surface area contributed by atoms with Gasteiger partial charge in [0, 0.05) is 37.2 Å². The number of fused-ring (bicyclic) bond motifs is 1. The summed E-state index contributed by atoms with van der Waals surface area (Å²) >= 11 is 0. The van der Waals surface area contributed by atoms with Gasteiger partial charge in [-0.2, -0.15) is 0 Å². The van der Waals surface area contributed by atoms with E-state index in [1.54, 1.807) is 0 Å². The van der Waals surface area contributed by atoms with Crippen molar-refractivity contribution >= 4 is 17.5 Å². The van der Waals surface area contributed by atoms with Crippen LogP contribution in [0.4, 0.5) is 5.69 Å². The third-order valence-corrected chi connectivity index (χ3v) is 6.20. The molecule has 1 aromatic carbocycles. The second kappa shape index (κ2) is 11.6. The van der Waals surface area contributed by atoms with E-state index in [4.69, 9.17) is 5.73 Å². The number of hydrogen-bond acceptors (Lipinski definition) is 4. The molecule has 0 radical (unpaired) electrons. The molecule has 2 rings (SSSR count). The summed E-state index contributed by atoms with van der Waals surface area (Å²) in [6.07, 6.45) is 4.38. The van der Waals surface area contributed by atoms with Crippen molar-refractivity contribution in [2.75, 3.05) is 18.0 Å². The molecule has 1 aliphatic rings. The molecule has 1 heterocycles. The molecular formula is C25H41N3O3. The van der Waals surface area contributed by atoms with Crippen LogP contribution in [0.3, 0.4) is 0 Å². The van der Waals surface area contributed by atoms with Crippen LogP contribution in [0, 0.1) is 11.3 Å². The van der Waals surface area contributed by atoms with E-state index >= 15 is 0 Å². The Morgan fingerprint density at radius 2 is 2.00 bits per heavy atom. The van der Waals surface area contributed by atoms with E-state index in [1.807, 2.05) is 43.9 Å². The third kappa shape index (κ3) is 7.62. The number of hydrogen-bond donors (Lipinski definition) is 3. The molecule has 0 unspecified atom stereocenters. The van der Waals surface area contributed by atoms with Gasteiger partial charge in [-0.1, -0.05) is 52.3 Å². The fourth-order valence-corrected chi connectivity index (χ4v) is 4.35. The van der Waals surface area contributed by atoms with Gasteiger partial charge >= 0.3 is 0 Å². The molecule has 0 aliphatic carbocycles. The molecule has 0 bridgehead atoms. The van der Waals surface area contributed by atoms with Gasteiger partial charge in [0.05, 0.1) is 6.10 Å². The van der Waals surface area contributed by atoms with E-state index in [0.29, 0.717) is 25.8 Å². The van der Waals surface area contributed by atoms with E-state index < -0.39 is 12.1 Å². The van der Waals surface area contributed by atoms with Gasteiger partial charge in [0.2, 0.25) is 11.8 Å². The number of amides is 2. The average molecular weight is 432 g/mol. The minimum Gasteiger partial charge on any atom is -0.391 e. The maximum absolute atomic E-state index is 13.1. The predicted octanol–water partition coefficient (Wildman–Crippen LogP) is 3.40. The number of carbonyl (C=O) groups is 2. The molecular weight excluding hydrogens is 390 g/mol. The SMILES string of the molecule is CCCCNC(=O)[C@H](C)C[C@H](O)[C@@H](N)CC(C)(C)CC(=O)N1CCCc2ccccc21. The van der Waals surface area contributed by atoms with Gasteiger partial charge in [-0.3, -0.25) is 9.59 Å². The van der Waals surface area contributed by atoms with Crippen molar-refractivity contribution in [2.45, 2.75) is 84.8 Å². The Kier molecular flexibility index (Phi) is 9.51. The summed E-state index contributed by atoms with van der Waals surface area (Å²) in [4.78, 5) is 27.2. The maximum atomic E-state index is 13.1. The zero-order chi connectivity index (χ0) is 23.0.